The van der Waals surface area contributed by atoms with Gasteiger partial charge >= 0.3 is 0 Å². The lowest BCUT2D eigenvalue weighted by Crippen LogP contribution is -2.42. The van der Waals surface area contributed by atoms with E-state index in [-0.39, 0.29) is 12.3 Å². The Bertz CT molecular complexity index is 641. The molecule has 0 saturated carbocycles. The molecule has 20 heavy (non-hydrogen) atoms. The van der Waals surface area contributed by atoms with Crippen LogP contribution in [0.5, 0.6) is 0 Å². The highest BCUT2D eigenvalue weighted by Gasteiger charge is 2.20. The largest absolute Gasteiger partial charge is 0.338 e. The van der Waals surface area contributed by atoms with Crippen LogP contribution in [0.3, 0.4) is 0 Å². The van der Waals surface area contributed by atoms with Crippen LogP contribution in [0, 0.1) is 11.3 Å². The number of carbonyl (C=O) groups is 1. The van der Waals surface area contributed by atoms with Gasteiger partial charge < -0.3 is 5.32 Å². The van der Waals surface area contributed by atoms with E-state index in [2.05, 4.69) is 10.3 Å². The molecule has 2 aromatic rings. The molecule has 1 heterocycles. The van der Waals surface area contributed by atoms with Crippen molar-refractivity contribution in [3.8, 4) is 16.6 Å². The Morgan fingerprint density at radius 3 is 2.75 bits per heavy atom. The lowest BCUT2D eigenvalue weighted by Gasteiger charge is -2.16. The summed E-state index contributed by atoms with van der Waals surface area (Å²) < 4.78 is 0. The summed E-state index contributed by atoms with van der Waals surface area (Å²) in [6.07, 6.45) is 0.189. The molecule has 0 saturated heterocycles. The van der Waals surface area contributed by atoms with Crippen molar-refractivity contribution in [1.82, 2.24) is 10.3 Å². The van der Waals surface area contributed by atoms with E-state index in [0.29, 0.717) is 0 Å². The van der Waals surface area contributed by atoms with Crippen molar-refractivity contribution in [1.29, 1.82) is 5.26 Å². The van der Waals surface area contributed by atoms with E-state index in [1.807, 2.05) is 41.8 Å². The Kier molecular flexibility index (Phi) is 4.16. The molecule has 1 amide bonds. The van der Waals surface area contributed by atoms with Gasteiger partial charge in [-0.25, -0.2) is 4.98 Å². The van der Waals surface area contributed by atoms with Crippen molar-refractivity contribution in [2.24, 2.45) is 0 Å². The number of nitriles is 1. The average molecular weight is 285 g/mol. The molecule has 0 aliphatic rings. The number of nitrogens with zero attached hydrogens (tertiary/aromatic N) is 2. The first-order valence-corrected chi connectivity index (χ1v) is 7.10. The van der Waals surface area contributed by atoms with E-state index in [9.17, 15) is 4.79 Å². The lowest BCUT2D eigenvalue weighted by molar-refractivity contribution is -0.121. The monoisotopic (exact) mass is 285 g/mol. The number of thiazole rings is 1. The van der Waals surface area contributed by atoms with Crippen LogP contribution in [0.4, 0.5) is 0 Å². The highest BCUT2D eigenvalue weighted by atomic mass is 32.1. The molecule has 5 heteroatoms. The summed E-state index contributed by atoms with van der Waals surface area (Å²) in [5, 5.41) is 14.3. The molecule has 0 radical (unpaired) electrons. The standard InChI is InChI=1S/C15H15N3OS/c1-15(2,10-16)18-13(19)8-12-9-20-14(17-12)11-6-4-3-5-7-11/h3-7,9H,8H2,1-2H3,(H,18,19). The molecule has 0 aliphatic heterocycles. The number of rotatable bonds is 4. The summed E-state index contributed by atoms with van der Waals surface area (Å²) >= 11 is 1.51. The molecule has 102 valence electrons. The zero-order valence-corrected chi connectivity index (χ0v) is 12.2. The summed E-state index contributed by atoms with van der Waals surface area (Å²) in [5.41, 5.74) is 0.914. The van der Waals surface area contributed by atoms with E-state index >= 15 is 0 Å². The number of benzene rings is 1. The van der Waals surface area contributed by atoms with Crippen molar-refractivity contribution >= 4 is 17.2 Å². The second-order valence-electron chi connectivity index (χ2n) is 4.97. The predicted octanol–water partition coefficient (Wildman–Crippen LogP) is 2.77. The van der Waals surface area contributed by atoms with Crippen molar-refractivity contribution in [3.63, 3.8) is 0 Å². The van der Waals surface area contributed by atoms with Crippen LogP contribution < -0.4 is 5.32 Å². The quantitative estimate of drug-likeness (QED) is 0.939. The van der Waals surface area contributed by atoms with E-state index in [0.717, 1.165) is 16.3 Å². The maximum atomic E-state index is 11.8. The highest BCUT2D eigenvalue weighted by Crippen LogP contribution is 2.23. The number of aromatic nitrogens is 1. The van der Waals surface area contributed by atoms with Crippen molar-refractivity contribution in [2.45, 2.75) is 25.8 Å². The normalized spacial score (nSPS) is 10.8. The minimum Gasteiger partial charge on any atom is -0.338 e. The fourth-order valence-electron chi connectivity index (χ4n) is 1.69. The molecule has 0 unspecified atom stereocenters. The van der Waals surface area contributed by atoms with Crippen LogP contribution in [0.15, 0.2) is 35.7 Å². The van der Waals surface area contributed by atoms with Crippen LogP contribution >= 0.6 is 11.3 Å². The second-order valence-corrected chi connectivity index (χ2v) is 5.83. The van der Waals surface area contributed by atoms with Gasteiger partial charge in [-0.05, 0) is 13.8 Å². The zero-order chi connectivity index (χ0) is 14.6. The van der Waals surface area contributed by atoms with E-state index in [4.69, 9.17) is 5.26 Å². The molecular weight excluding hydrogens is 270 g/mol. The molecule has 1 aromatic heterocycles. The summed E-state index contributed by atoms with van der Waals surface area (Å²) in [6.45, 7) is 3.34. The third kappa shape index (κ3) is 3.65. The van der Waals surface area contributed by atoms with E-state index in [1.54, 1.807) is 13.8 Å². The molecule has 2 rings (SSSR count). The highest BCUT2D eigenvalue weighted by molar-refractivity contribution is 7.13. The van der Waals surface area contributed by atoms with Gasteiger partial charge in [0.25, 0.3) is 0 Å². The topological polar surface area (TPSA) is 65.8 Å². The summed E-state index contributed by atoms with van der Waals surface area (Å²) in [6, 6.07) is 11.9. The van der Waals surface area contributed by atoms with Gasteiger partial charge in [-0.15, -0.1) is 11.3 Å². The minimum atomic E-state index is -0.852. The first-order chi connectivity index (χ1) is 9.50. The Hall–Kier alpha value is -2.19. The summed E-state index contributed by atoms with van der Waals surface area (Å²) in [7, 11) is 0. The van der Waals surface area contributed by atoms with Crippen LogP contribution in [0.2, 0.25) is 0 Å². The van der Waals surface area contributed by atoms with Gasteiger partial charge in [-0.1, -0.05) is 30.3 Å². The van der Waals surface area contributed by atoms with Crippen LogP contribution in [-0.2, 0) is 11.2 Å². The Balaban J connectivity index is 2.04. The smallest absolute Gasteiger partial charge is 0.227 e. The lowest BCUT2D eigenvalue weighted by atomic mass is 10.1. The number of nitrogens with one attached hydrogen (secondary N) is 1. The fraction of sp³-hybridized carbons (Fsp3) is 0.267. The van der Waals surface area contributed by atoms with Crippen molar-refractivity contribution in [2.75, 3.05) is 0 Å². The predicted molar refractivity (Wildman–Crippen MR) is 79.1 cm³/mol. The number of amides is 1. The number of hydrogen-bond acceptors (Lipinski definition) is 4. The average Bonchev–Trinajstić information content (AvgIpc) is 2.87. The van der Waals surface area contributed by atoms with Gasteiger partial charge in [-0.3, -0.25) is 4.79 Å². The van der Waals surface area contributed by atoms with Crippen LogP contribution in [0.1, 0.15) is 19.5 Å². The minimum absolute atomic E-state index is 0.189. The molecule has 0 atom stereocenters. The Morgan fingerprint density at radius 1 is 1.40 bits per heavy atom. The Morgan fingerprint density at radius 2 is 2.10 bits per heavy atom. The first kappa shape index (κ1) is 14.2. The maximum Gasteiger partial charge on any atom is 0.227 e. The third-order valence-electron chi connectivity index (χ3n) is 2.65. The summed E-state index contributed by atoms with van der Waals surface area (Å²) in [4.78, 5) is 16.3. The van der Waals surface area contributed by atoms with Gasteiger partial charge in [-0.2, -0.15) is 5.26 Å². The summed E-state index contributed by atoms with van der Waals surface area (Å²) in [5.74, 6) is -0.193. The maximum absolute atomic E-state index is 11.8. The molecule has 0 fully saturated rings. The number of hydrogen-bond donors (Lipinski definition) is 1. The Labute approximate surface area is 122 Å². The molecule has 0 aliphatic carbocycles. The molecule has 0 bridgehead atoms. The van der Waals surface area contributed by atoms with Gasteiger partial charge in [0.2, 0.25) is 5.91 Å². The molecule has 4 nitrogen and oxygen atoms in total. The fourth-order valence-corrected chi connectivity index (χ4v) is 2.51. The van der Waals surface area contributed by atoms with E-state index in [1.165, 1.54) is 11.3 Å². The zero-order valence-electron chi connectivity index (χ0n) is 11.4. The molecular formula is C15H15N3OS. The van der Waals surface area contributed by atoms with Gasteiger partial charge in [0.15, 0.2) is 0 Å². The van der Waals surface area contributed by atoms with Crippen molar-refractivity contribution < 1.29 is 4.79 Å². The van der Waals surface area contributed by atoms with E-state index < -0.39 is 5.54 Å². The van der Waals surface area contributed by atoms with Gasteiger partial charge in [0.1, 0.15) is 10.5 Å². The van der Waals surface area contributed by atoms with Crippen LogP contribution in [-0.4, -0.2) is 16.4 Å². The molecule has 0 spiro atoms. The van der Waals surface area contributed by atoms with Crippen LogP contribution in [0.25, 0.3) is 10.6 Å². The first-order valence-electron chi connectivity index (χ1n) is 6.22. The van der Waals surface area contributed by atoms with Crippen molar-refractivity contribution in [3.05, 3.63) is 41.4 Å². The number of carbonyl (C=O) groups excluding carboxylic acids is 1. The SMILES string of the molecule is CC(C)(C#N)NC(=O)Cc1csc(-c2ccccc2)n1. The molecule has 1 aromatic carbocycles. The van der Waals surface area contributed by atoms with Gasteiger partial charge in [0, 0.05) is 10.9 Å². The molecule has 1 N–H and O–H groups in total. The van der Waals surface area contributed by atoms with Gasteiger partial charge in [0.05, 0.1) is 18.2 Å². The second kappa shape index (κ2) is 5.85. The third-order valence-corrected chi connectivity index (χ3v) is 3.59.